The van der Waals surface area contributed by atoms with Crippen LogP contribution in [0.3, 0.4) is 0 Å². The van der Waals surface area contributed by atoms with E-state index in [1.807, 2.05) is 0 Å². The molecule has 5 heteroatoms. The first-order valence-corrected chi connectivity index (χ1v) is 4.87. The highest BCUT2D eigenvalue weighted by Crippen LogP contribution is 2.16. The average molecular weight is 235 g/mol. The van der Waals surface area contributed by atoms with Crippen molar-refractivity contribution >= 4 is 22.5 Å². The Hall–Kier alpha value is -1.99. The number of hydrogen-bond donors (Lipinski definition) is 1. The van der Waals surface area contributed by atoms with E-state index in [4.69, 9.17) is 18.0 Å². The van der Waals surface area contributed by atoms with E-state index in [2.05, 4.69) is 10.9 Å². The zero-order chi connectivity index (χ0) is 11.7. The molecule has 0 saturated heterocycles. The molecule has 1 heterocycles. The number of aromatic nitrogens is 2. The Kier molecular flexibility index (Phi) is 2.55. The third-order valence-electron chi connectivity index (χ3n) is 2.21. The van der Waals surface area contributed by atoms with Gasteiger partial charge in [-0.05, 0) is 12.1 Å². The van der Waals surface area contributed by atoms with Crippen LogP contribution in [0.5, 0.6) is 0 Å². The Bertz CT molecular complexity index is 706. The van der Waals surface area contributed by atoms with E-state index in [-0.39, 0.29) is 11.9 Å². The summed E-state index contributed by atoms with van der Waals surface area (Å²) in [5, 5.41) is 0.573. The van der Waals surface area contributed by atoms with Crippen molar-refractivity contribution in [2.75, 3.05) is 0 Å². The standard InChI is InChI=1S/C11H7ClN2O2/c1-2-6-14-10(15)9-7(12)4-3-5-8(9)13-11(14)16/h1,3-5H,6H2,(H,13,16). The fraction of sp³-hybridized carbons (Fsp3) is 0.0909. The van der Waals surface area contributed by atoms with Crippen LogP contribution in [0.4, 0.5) is 0 Å². The number of hydrogen-bond acceptors (Lipinski definition) is 2. The second-order valence-corrected chi connectivity index (χ2v) is 3.60. The molecule has 2 rings (SSSR count). The molecule has 1 aromatic heterocycles. The molecule has 0 aliphatic heterocycles. The molecule has 0 spiro atoms. The van der Waals surface area contributed by atoms with Gasteiger partial charge in [0.25, 0.3) is 5.56 Å². The third kappa shape index (κ3) is 1.51. The molecule has 0 fully saturated rings. The molecule has 0 saturated carbocycles. The van der Waals surface area contributed by atoms with Gasteiger partial charge in [0.05, 0.1) is 22.5 Å². The van der Waals surface area contributed by atoms with E-state index >= 15 is 0 Å². The molecule has 0 atom stereocenters. The topological polar surface area (TPSA) is 54.9 Å². The maximum Gasteiger partial charge on any atom is 0.329 e. The molecule has 0 aliphatic rings. The van der Waals surface area contributed by atoms with Gasteiger partial charge in [-0.25, -0.2) is 9.36 Å². The Balaban J connectivity index is 2.99. The van der Waals surface area contributed by atoms with E-state index < -0.39 is 11.2 Å². The number of nitrogens with one attached hydrogen (secondary N) is 1. The summed E-state index contributed by atoms with van der Waals surface area (Å²) in [5.74, 6) is 2.25. The van der Waals surface area contributed by atoms with Crippen molar-refractivity contribution in [1.29, 1.82) is 0 Å². The zero-order valence-electron chi connectivity index (χ0n) is 8.16. The van der Waals surface area contributed by atoms with Crippen molar-refractivity contribution in [3.05, 3.63) is 44.1 Å². The maximum absolute atomic E-state index is 11.9. The molecule has 0 unspecified atom stereocenters. The fourth-order valence-electron chi connectivity index (χ4n) is 1.49. The highest BCUT2D eigenvalue weighted by molar-refractivity contribution is 6.35. The summed E-state index contributed by atoms with van der Waals surface area (Å²) in [6.45, 7) is -0.0741. The molecule has 4 nitrogen and oxygen atoms in total. The van der Waals surface area contributed by atoms with Gasteiger partial charge in [0.15, 0.2) is 0 Å². The van der Waals surface area contributed by atoms with Crippen LogP contribution in [0.1, 0.15) is 0 Å². The lowest BCUT2D eigenvalue weighted by atomic mass is 10.2. The molecular formula is C11H7ClN2O2. The lowest BCUT2D eigenvalue weighted by Gasteiger charge is -2.03. The summed E-state index contributed by atoms with van der Waals surface area (Å²) in [6, 6.07) is 4.86. The molecule has 1 aromatic carbocycles. The van der Waals surface area contributed by atoms with Gasteiger partial charge in [-0.3, -0.25) is 4.79 Å². The number of terminal acetylenes is 1. The van der Waals surface area contributed by atoms with Crippen molar-refractivity contribution in [3.63, 3.8) is 0 Å². The Morgan fingerprint density at radius 1 is 1.44 bits per heavy atom. The van der Waals surface area contributed by atoms with Gasteiger partial charge in [0.1, 0.15) is 0 Å². The molecule has 0 amide bonds. The van der Waals surface area contributed by atoms with Crippen molar-refractivity contribution in [2.45, 2.75) is 6.54 Å². The lowest BCUT2D eigenvalue weighted by molar-refractivity contribution is 0.741. The van der Waals surface area contributed by atoms with Gasteiger partial charge in [0, 0.05) is 0 Å². The summed E-state index contributed by atoms with van der Waals surface area (Å²) in [4.78, 5) is 26.0. The quantitative estimate of drug-likeness (QED) is 0.748. The number of H-pyrrole nitrogens is 1. The summed E-state index contributed by atoms with van der Waals surface area (Å²) in [6.07, 6.45) is 5.08. The van der Waals surface area contributed by atoms with Crippen molar-refractivity contribution in [2.24, 2.45) is 0 Å². The Morgan fingerprint density at radius 3 is 2.88 bits per heavy atom. The molecule has 1 N–H and O–H groups in total. The summed E-state index contributed by atoms with van der Waals surface area (Å²) in [5.41, 5.74) is -0.587. The van der Waals surface area contributed by atoms with Crippen LogP contribution in [0, 0.1) is 12.3 Å². The first kappa shape index (κ1) is 10.5. The lowest BCUT2D eigenvalue weighted by Crippen LogP contribution is -2.34. The molecule has 0 bridgehead atoms. The van der Waals surface area contributed by atoms with Crippen LogP contribution in [0.2, 0.25) is 5.02 Å². The van der Waals surface area contributed by atoms with E-state index in [0.29, 0.717) is 10.5 Å². The molecule has 0 aliphatic carbocycles. The minimum absolute atomic E-state index is 0.0741. The maximum atomic E-state index is 11.9. The van der Waals surface area contributed by atoms with Gasteiger partial charge < -0.3 is 4.98 Å². The van der Waals surface area contributed by atoms with E-state index in [1.54, 1.807) is 18.2 Å². The van der Waals surface area contributed by atoms with E-state index in [0.717, 1.165) is 4.57 Å². The van der Waals surface area contributed by atoms with Crippen molar-refractivity contribution < 1.29 is 0 Å². The minimum Gasteiger partial charge on any atom is -0.307 e. The SMILES string of the molecule is C#CCn1c(=O)[nH]c2cccc(Cl)c2c1=O. The van der Waals surface area contributed by atoms with Gasteiger partial charge >= 0.3 is 5.69 Å². The van der Waals surface area contributed by atoms with Gasteiger partial charge in [0.2, 0.25) is 0 Å². The molecule has 16 heavy (non-hydrogen) atoms. The number of aromatic amines is 1. The predicted octanol–water partition coefficient (Wildman–Crippen LogP) is 0.976. The van der Waals surface area contributed by atoms with Crippen LogP contribution in [0.25, 0.3) is 10.9 Å². The monoisotopic (exact) mass is 234 g/mol. The van der Waals surface area contributed by atoms with Crippen LogP contribution < -0.4 is 11.2 Å². The highest BCUT2D eigenvalue weighted by atomic mass is 35.5. The van der Waals surface area contributed by atoms with Crippen molar-refractivity contribution in [3.8, 4) is 12.3 Å². The summed E-state index contributed by atoms with van der Waals surface area (Å²) in [7, 11) is 0. The first-order valence-electron chi connectivity index (χ1n) is 4.50. The summed E-state index contributed by atoms with van der Waals surface area (Å²) >= 11 is 5.90. The van der Waals surface area contributed by atoms with Crippen LogP contribution >= 0.6 is 11.6 Å². The van der Waals surface area contributed by atoms with E-state index in [9.17, 15) is 9.59 Å². The Labute approximate surface area is 95.5 Å². The van der Waals surface area contributed by atoms with E-state index in [1.165, 1.54) is 0 Å². The van der Waals surface area contributed by atoms with Gasteiger partial charge in [-0.2, -0.15) is 0 Å². The minimum atomic E-state index is -0.530. The average Bonchev–Trinajstić information content (AvgIpc) is 2.24. The number of benzene rings is 1. The second kappa shape index (κ2) is 3.87. The first-order chi connectivity index (χ1) is 7.65. The zero-order valence-corrected chi connectivity index (χ0v) is 8.91. The Morgan fingerprint density at radius 2 is 2.19 bits per heavy atom. The summed E-state index contributed by atoms with van der Waals surface area (Å²) < 4.78 is 0.939. The third-order valence-corrected chi connectivity index (χ3v) is 2.52. The molecular weight excluding hydrogens is 228 g/mol. The largest absolute Gasteiger partial charge is 0.329 e. The number of nitrogens with zero attached hydrogens (tertiary/aromatic N) is 1. The van der Waals surface area contributed by atoms with Crippen molar-refractivity contribution in [1.82, 2.24) is 9.55 Å². The highest BCUT2D eigenvalue weighted by Gasteiger charge is 2.08. The fourth-order valence-corrected chi connectivity index (χ4v) is 1.75. The van der Waals surface area contributed by atoms with Crippen LogP contribution in [-0.4, -0.2) is 9.55 Å². The second-order valence-electron chi connectivity index (χ2n) is 3.19. The number of halogens is 1. The molecule has 0 radical (unpaired) electrons. The van der Waals surface area contributed by atoms with Crippen LogP contribution in [0.15, 0.2) is 27.8 Å². The number of fused-ring (bicyclic) bond motifs is 1. The van der Waals surface area contributed by atoms with Crippen LogP contribution in [-0.2, 0) is 6.54 Å². The van der Waals surface area contributed by atoms with Gasteiger partial charge in [-0.1, -0.05) is 23.6 Å². The molecule has 80 valence electrons. The predicted molar refractivity (Wildman–Crippen MR) is 62.7 cm³/mol. The number of rotatable bonds is 1. The molecule has 2 aromatic rings. The smallest absolute Gasteiger partial charge is 0.307 e. The normalized spacial score (nSPS) is 10.2. The van der Waals surface area contributed by atoms with Gasteiger partial charge in [-0.15, -0.1) is 6.42 Å².